The zero-order chi connectivity index (χ0) is 16.2. The van der Waals surface area contributed by atoms with E-state index >= 15 is 0 Å². The van der Waals surface area contributed by atoms with Crippen molar-refractivity contribution in [3.8, 4) is 6.07 Å². The van der Waals surface area contributed by atoms with Crippen molar-refractivity contribution in [2.24, 2.45) is 0 Å². The normalized spacial score (nSPS) is 23.2. The third kappa shape index (κ3) is 3.49. The average Bonchev–Trinajstić information content (AvgIpc) is 3.09. The van der Waals surface area contributed by atoms with E-state index in [1.807, 2.05) is 19.1 Å². The van der Waals surface area contributed by atoms with Crippen LogP contribution in [0.3, 0.4) is 0 Å². The lowest BCUT2D eigenvalue weighted by molar-refractivity contribution is 0.0982. The van der Waals surface area contributed by atoms with Gasteiger partial charge in [-0.25, -0.2) is 4.98 Å². The first-order valence-corrected chi connectivity index (χ1v) is 8.72. The highest BCUT2D eigenvalue weighted by molar-refractivity contribution is 5.54. The van der Waals surface area contributed by atoms with Gasteiger partial charge in [0.25, 0.3) is 0 Å². The number of aromatic nitrogens is 1. The number of hydrogen-bond acceptors (Lipinski definition) is 5. The monoisotopic (exact) mass is 314 g/mol. The highest BCUT2D eigenvalue weighted by Crippen LogP contribution is 2.29. The van der Waals surface area contributed by atoms with Gasteiger partial charge in [0.05, 0.1) is 5.56 Å². The minimum Gasteiger partial charge on any atom is -0.396 e. The second kappa shape index (κ2) is 7.29. The first-order valence-electron chi connectivity index (χ1n) is 8.72. The standard InChI is InChI=1S/C18H26N4O/c1-14-6-7-15(12-19)18(20-14)21-9-10-22(16-4-2-3-5-16)17(13-21)8-11-23/h6-7,16-17,23H,2-5,8-11,13H2,1H3. The summed E-state index contributed by atoms with van der Waals surface area (Å²) in [6, 6.07) is 7.05. The van der Waals surface area contributed by atoms with Crippen molar-refractivity contribution in [1.29, 1.82) is 5.26 Å². The van der Waals surface area contributed by atoms with Gasteiger partial charge in [0, 0.05) is 44.0 Å². The number of nitriles is 1. The molecule has 1 saturated heterocycles. The molecule has 23 heavy (non-hydrogen) atoms. The number of piperazine rings is 1. The Morgan fingerprint density at radius 2 is 2.09 bits per heavy atom. The molecule has 0 aromatic carbocycles. The molecular weight excluding hydrogens is 288 g/mol. The second-order valence-electron chi connectivity index (χ2n) is 6.72. The van der Waals surface area contributed by atoms with Gasteiger partial charge < -0.3 is 10.0 Å². The molecule has 2 heterocycles. The molecule has 5 heteroatoms. The smallest absolute Gasteiger partial charge is 0.146 e. The topological polar surface area (TPSA) is 63.4 Å². The number of pyridine rings is 1. The minimum atomic E-state index is 0.216. The van der Waals surface area contributed by atoms with Crippen molar-refractivity contribution in [2.75, 3.05) is 31.1 Å². The Morgan fingerprint density at radius 1 is 1.30 bits per heavy atom. The first kappa shape index (κ1) is 16.2. The maximum Gasteiger partial charge on any atom is 0.146 e. The third-order valence-corrected chi connectivity index (χ3v) is 5.22. The Kier molecular flexibility index (Phi) is 5.14. The summed E-state index contributed by atoms with van der Waals surface area (Å²) < 4.78 is 0. The van der Waals surface area contributed by atoms with Crippen molar-refractivity contribution in [3.63, 3.8) is 0 Å². The molecule has 2 fully saturated rings. The number of aliphatic hydroxyl groups is 1. The summed E-state index contributed by atoms with van der Waals surface area (Å²) in [4.78, 5) is 9.44. The number of hydrogen-bond donors (Lipinski definition) is 1. The Bertz CT molecular complexity index is 577. The van der Waals surface area contributed by atoms with E-state index in [0.717, 1.165) is 37.6 Å². The van der Waals surface area contributed by atoms with Crippen molar-refractivity contribution < 1.29 is 5.11 Å². The molecule has 1 unspecified atom stereocenters. The minimum absolute atomic E-state index is 0.216. The van der Waals surface area contributed by atoms with Crippen LogP contribution >= 0.6 is 0 Å². The van der Waals surface area contributed by atoms with Gasteiger partial charge in [-0.05, 0) is 38.3 Å². The SMILES string of the molecule is Cc1ccc(C#N)c(N2CCN(C3CCCC3)C(CCO)C2)n1. The van der Waals surface area contributed by atoms with Crippen molar-refractivity contribution in [2.45, 2.75) is 51.1 Å². The number of anilines is 1. The fourth-order valence-electron chi connectivity index (χ4n) is 4.06. The summed E-state index contributed by atoms with van der Waals surface area (Å²) in [5.74, 6) is 0.807. The van der Waals surface area contributed by atoms with E-state index in [1.165, 1.54) is 25.7 Å². The summed E-state index contributed by atoms with van der Waals surface area (Å²) in [5.41, 5.74) is 1.59. The lowest BCUT2D eigenvalue weighted by Gasteiger charge is -2.45. The second-order valence-corrected chi connectivity index (χ2v) is 6.72. The molecule has 0 spiro atoms. The van der Waals surface area contributed by atoms with Gasteiger partial charge in [-0.1, -0.05) is 12.8 Å². The third-order valence-electron chi connectivity index (χ3n) is 5.22. The Morgan fingerprint density at radius 3 is 2.78 bits per heavy atom. The molecule has 1 N–H and O–H groups in total. The van der Waals surface area contributed by atoms with Gasteiger partial charge in [0.15, 0.2) is 0 Å². The number of aryl methyl sites for hydroxylation is 1. The quantitative estimate of drug-likeness (QED) is 0.922. The summed E-state index contributed by atoms with van der Waals surface area (Å²) in [6.07, 6.45) is 6.02. The van der Waals surface area contributed by atoms with Gasteiger partial charge in [-0.2, -0.15) is 5.26 Å². The molecule has 124 valence electrons. The molecule has 1 aliphatic carbocycles. The predicted octanol–water partition coefficient (Wildman–Crippen LogP) is 2.08. The van der Waals surface area contributed by atoms with E-state index in [4.69, 9.17) is 0 Å². The van der Waals surface area contributed by atoms with Crippen LogP contribution in [0.2, 0.25) is 0 Å². The van der Waals surface area contributed by atoms with Crippen LogP contribution in [0.15, 0.2) is 12.1 Å². The molecule has 1 saturated carbocycles. The Balaban J connectivity index is 1.79. The number of nitrogens with zero attached hydrogens (tertiary/aromatic N) is 4. The number of rotatable bonds is 4. The largest absolute Gasteiger partial charge is 0.396 e. The van der Waals surface area contributed by atoms with E-state index in [0.29, 0.717) is 17.6 Å². The fourth-order valence-corrected chi connectivity index (χ4v) is 4.06. The summed E-state index contributed by atoms with van der Waals surface area (Å²) in [7, 11) is 0. The Hall–Kier alpha value is -1.64. The molecule has 3 rings (SSSR count). The molecule has 5 nitrogen and oxygen atoms in total. The summed E-state index contributed by atoms with van der Waals surface area (Å²) in [6.45, 7) is 4.93. The zero-order valence-electron chi connectivity index (χ0n) is 13.9. The van der Waals surface area contributed by atoms with Crippen molar-refractivity contribution in [1.82, 2.24) is 9.88 Å². The lowest BCUT2D eigenvalue weighted by atomic mass is 10.0. The van der Waals surface area contributed by atoms with Crippen LogP contribution in [-0.4, -0.2) is 53.3 Å². The molecule has 1 aromatic heterocycles. The maximum atomic E-state index is 9.47. The molecule has 1 aliphatic heterocycles. The highest BCUT2D eigenvalue weighted by atomic mass is 16.3. The van der Waals surface area contributed by atoms with E-state index in [2.05, 4.69) is 20.9 Å². The van der Waals surface area contributed by atoms with Crippen LogP contribution in [0.5, 0.6) is 0 Å². The van der Waals surface area contributed by atoms with Gasteiger partial charge in [0.1, 0.15) is 11.9 Å². The van der Waals surface area contributed by atoms with Crippen LogP contribution < -0.4 is 4.90 Å². The maximum absolute atomic E-state index is 9.47. The van der Waals surface area contributed by atoms with Gasteiger partial charge in [0.2, 0.25) is 0 Å². The molecule has 0 amide bonds. The lowest BCUT2D eigenvalue weighted by Crippen LogP contribution is -2.56. The molecule has 1 atom stereocenters. The van der Waals surface area contributed by atoms with E-state index in [1.54, 1.807) is 0 Å². The average molecular weight is 314 g/mol. The molecule has 0 bridgehead atoms. The zero-order valence-corrected chi connectivity index (χ0v) is 13.9. The van der Waals surface area contributed by atoms with Crippen LogP contribution in [0.25, 0.3) is 0 Å². The van der Waals surface area contributed by atoms with Gasteiger partial charge >= 0.3 is 0 Å². The van der Waals surface area contributed by atoms with Crippen molar-refractivity contribution in [3.05, 3.63) is 23.4 Å². The highest BCUT2D eigenvalue weighted by Gasteiger charge is 2.33. The van der Waals surface area contributed by atoms with Crippen molar-refractivity contribution >= 4 is 5.82 Å². The summed E-state index contributed by atoms with van der Waals surface area (Å²) >= 11 is 0. The van der Waals surface area contributed by atoms with Gasteiger partial charge in [-0.15, -0.1) is 0 Å². The molecule has 0 radical (unpaired) electrons. The van der Waals surface area contributed by atoms with E-state index in [-0.39, 0.29) is 6.61 Å². The molecule has 2 aliphatic rings. The molecule has 1 aromatic rings. The van der Waals surface area contributed by atoms with Crippen LogP contribution in [0.4, 0.5) is 5.82 Å². The van der Waals surface area contributed by atoms with Gasteiger partial charge in [-0.3, -0.25) is 4.90 Å². The molecular formula is C18H26N4O. The van der Waals surface area contributed by atoms with E-state index < -0.39 is 0 Å². The van der Waals surface area contributed by atoms with E-state index in [9.17, 15) is 10.4 Å². The number of aliphatic hydroxyl groups excluding tert-OH is 1. The van der Waals surface area contributed by atoms with Crippen LogP contribution in [0, 0.1) is 18.3 Å². The Labute approximate surface area is 138 Å². The van der Waals surface area contributed by atoms with Crippen LogP contribution in [-0.2, 0) is 0 Å². The predicted molar refractivity (Wildman–Crippen MR) is 90.4 cm³/mol. The van der Waals surface area contributed by atoms with Crippen LogP contribution in [0.1, 0.15) is 43.4 Å². The fraction of sp³-hybridized carbons (Fsp3) is 0.667. The summed E-state index contributed by atoms with van der Waals surface area (Å²) in [5, 5.41) is 18.8. The first-order chi connectivity index (χ1) is 11.2.